The Bertz CT molecular complexity index is 910. The van der Waals surface area contributed by atoms with Crippen LogP contribution in [0, 0.1) is 0 Å². The molecule has 0 saturated carbocycles. The Kier molecular flexibility index (Phi) is 5.64. The quantitative estimate of drug-likeness (QED) is 0.559. The van der Waals surface area contributed by atoms with Crippen LogP contribution in [-0.2, 0) is 30.5 Å². The van der Waals surface area contributed by atoms with Gasteiger partial charge in [-0.2, -0.15) is 0 Å². The van der Waals surface area contributed by atoms with Crippen molar-refractivity contribution in [2.75, 3.05) is 25.5 Å². The average Bonchev–Trinajstić information content (AvgIpc) is 3.22. The van der Waals surface area contributed by atoms with Crippen LogP contribution in [0.5, 0.6) is 0 Å². The summed E-state index contributed by atoms with van der Waals surface area (Å²) in [6.07, 6.45) is 9.66. The maximum absolute atomic E-state index is 12.7. The average molecular weight is 379 g/mol. The maximum atomic E-state index is 12.7. The van der Waals surface area contributed by atoms with Gasteiger partial charge >= 0.3 is 0 Å². The number of H-pyrrole nitrogens is 1. The molecule has 28 heavy (non-hydrogen) atoms. The van der Waals surface area contributed by atoms with Crippen molar-refractivity contribution in [3.63, 3.8) is 0 Å². The summed E-state index contributed by atoms with van der Waals surface area (Å²) in [5.41, 5.74) is 15.0. The Morgan fingerprint density at radius 3 is 2.89 bits per heavy atom. The molecule has 0 bridgehead atoms. The third-order valence-electron chi connectivity index (χ3n) is 5.89. The molecule has 2 aliphatic rings. The number of anilines is 1. The molecule has 0 spiro atoms. The van der Waals surface area contributed by atoms with Gasteiger partial charge in [0.1, 0.15) is 0 Å². The molecule has 5 N–H and O–H groups in total. The molecule has 2 heterocycles. The Morgan fingerprint density at radius 2 is 2.07 bits per heavy atom. The summed E-state index contributed by atoms with van der Waals surface area (Å²) < 4.78 is 0. The number of aromatic amines is 1. The second-order valence-corrected chi connectivity index (χ2v) is 7.82. The first-order chi connectivity index (χ1) is 13.7. The highest BCUT2D eigenvalue weighted by molar-refractivity contribution is 6.34. The van der Waals surface area contributed by atoms with Gasteiger partial charge in [-0.1, -0.05) is 6.07 Å². The molecule has 1 amide bonds. The van der Waals surface area contributed by atoms with E-state index in [1.807, 2.05) is 13.1 Å². The first kappa shape index (κ1) is 19.0. The highest BCUT2D eigenvalue weighted by atomic mass is 16.2. The zero-order valence-electron chi connectivity index (χ0n) is 16.7. The molecule has 0 atom stereocenters. The summed E-state index contributed by atoms with van der Waals surface area (Å²) in [7, 11) is 1.96. The minimum atomic E-state index is -0.0156. The number of rotatable bonds is 7. The fourth-order valence-corrected chi connectivity index (χ4v) is 4.41. The topological polar surface area (TPSA) is 82.9 Å². The molecule has 1 aliphatic carbocycles. The Morgan fingerprint density at radius 1 is 1.21 bits per heavy atom. The number of fused-ring (bicyclic) bond motifs is 2. The molecule has 0 saturated heterocycles. The van der Waals surface area contributed by atoms with E-state index in [1.54, 1.807) is 0 Å². The Labute approximate surface area is 166 Å². The number of nitrogens with two attached hydrogens (primary N) is 1. The lowest BCUT2D eigenvalue weighted by Gasteiger charge is -2.12. The van der Waals surface area contributed by atoms with Gasteiger partial charge in [-0.15, -0.1) is 0 Å². The zero-order chi connectivity index (χ0) is 19.5. The number of nitrogens with one attached hydrogen (secondary N) is 3. The molecule has 1 aromatic heterocycles. The molecule has 1 aliphatic heterocycles. The second-order valence-electron chi connectivity index (χ2n) is 7.82. The zero-order valence-corrected chi connectivity index (χ0v) is 16.7. The van der Waals surface area contributed by atoms with E-state index >= 15 is 0 Å². The number of aromatic nitrogens is 1. The summed E-state index contributed by atoms with van der Waals surface area (Å²) in [6, 6.07) is 6.27. The minimum absolute atomic E-state index is 0.0156. The molecule has 0 radical (unpaired) electrons. The summed E-state index contributed by atoms with van der Waals surface area (Å²) in [5, 5.41) is 6.20. The molecule has 0 unspecified atom stereocenters. The van der Waals surface area contributed by atoms with Gasteiger partial charge < -0.3 is 21.4 Å². The van der Waals surface area contributed by atoms with Crippen molar-refractivity contribution in [2.24, 2.45) is 5.73 Å². The second kappa shape index (κ2) is 8.33. The number of hydrogen-bond donors (Lipinski definition) is 4. The van der Waals surface area contributed by atoms with Crippen molar-refractivity contribution in [1.29, 1.82) is 0 Å². The summed E-state index contributed by atoms with van der Waals surface area (Å²) in [5.74, 6) is -0.0156. The number of likely N-dealkylation sites (N-methyl/N-ethyl adjacent to an activating group) is 1. The van der Waals surface area contributed by atoms with E-state index in [9.17, 15) is 4.79 Å². The van der Waals surface area contributed by atoms with E-state index < -0.39 is 0 Å². The third-order valence-corrected chi connectivity index (χ3v) is 5.89. The fourth-order valence-electron chi connectivity index (χ4n) is 4.41. The predicted molar refractivity (Wildman–Crippen MR) is 115 cm³/mol. The Balaban J connectivity index is 1.73. The number of aryl methyl sites for hydroxylation is 1. The number of carbonyl (C=O) groups excluding carboxylic acids is 1. The standard InChI is InChI=1S/C23H30N4O/c1-25-12-10-15-8-9-21-18(13-15)19(23(28)27-21)14-22-17(6-4-11-24)16-5-2-3-7-20(16)26-22/h8-9,13-14,25-26H,2-7,10-12,24H2,1H3,(H,27,28)/b19-14-. The molecule has 0 fully saturated rings. The predicted octanol–water partition coefficient (Wildman–Crippen LogP) is 3.04. The van der Waals surface area contributed by atoms with Gasteiger partial charge in [0.15, 0.2) is 0 Å². The number of amides is 1. The van der Waals surface area contributed by atoms with Crippen molar-refractivity contribution in [1.82, 2.24) is 10.3 Å². The highest BCUT2D eigenvalue weighted by Gasteiger charge is 2.26. The van der Waals surface area contributed by atoms with Crippen LogP contribution in [0.25, 0.3) is 11.6 Å². The fraction of sp³-hybridized carbons (Fsp3) is 0.435. The van der Waals surface area contributed by atoms with Crippen LogP contribution in [0.4, 0.5) is 5.69 Å². The third kappa shape index (κ3) is 3.64. The van der Waals surface area contributed by atoms with Gasteiger partial charge in [0.2, 0.25) is 0 Å². The van der Waals surface area contributed by atoms with E-state index in [1.165, 1.54) is 35.2 Å². The summed E-state index contributed by atoms with van der Waals surface area (Å²) >= 11 is 0. The number of benzene rings is 1. The molecule has 1 aromatic carbocycles. The Hall–Kier alpha value is -2.37. The first-order valence-electron chi connectivity index (χ1n) is 10.4. The van der Waals surface area contributed by atoms with E-state index in [4.69, 9.17) is 5.73 Å². The molecule has 5 heteroatoms. The van der Waals surface area contributed by atoms with Crippen LogP contribution in [0.2, 0.25) is 0 Å². The lowest BCUT2D eigenvalue weighted by molar-refractivity contribution is -0.110. The largest absolute Gasteiger partial charge is 0.358 e. The molecule has 5 nitrogen and oxygen atoms in total. The SMILES string of the molecule is CNCCc1ccc2c(c1)/C(=C/c1[nH]c3c(c1CCCN)CCCC3)C(=O)N2. The molecule has 148 valence electrons. The van der Waals surface area contributed by atoms with Crippen LogP contribution in [0.15, 0.2) is 18.2 Å². The van der Waals surface area contributed by atoms with Crippen LogP contribution < -0.4 is 16.4 Å². The van der Waals surface area contributed by atoms with E-state index in [0.717, 1.165) is 61.2 Å². The van der Waals surface area contributed by atoms with Gasteiger partial charge in [-0.3, -0.25) is 4.79 Å². The van der Waals surface area contributed by atoms with Crippen LogP contribution in [0.1, 0.15) is 52.9 Å². The maximum Gasteiger partial charge on any atom is 0.256 e. The number of hydrogen-bond acceptors (Lipinski definition) is 3. The van der Waals surface area contributed by atoms with E-state index in [0.29, 0.717) is 6.54 Å². The lowest BCUT2D eigenvalue weighted by Crippen LogP contribution is -2.10. The first-order valence-corrected chi connectivity index (χ1v) is 10.4. The van der Waals surface area contributed by atoms with Crippen LogP contribution >= 0.6 is 0 Å². The lowest BCUT2D eigenvalue weighted by atomic mass is 9.92. The monoisotopic (exact) mass is 378 g/mol. The van der Waals surface area contributed by atoms with Gasteiger partial charge in [0, 0.05) is 22.6 Å². The van der Waals surface area contributed by atoms with Crippen LogP contribution in [-0.4, -0.2) is 31.0 Å². The molecular formula is C23H30N4O. The van der Waals surface area contributed by atoms with Gasteiger partial charge in [-0.25, -0.2) is 0 Å². The van der Waals surface area contributed by atoms with E-state index in [-0.39, 0.29) is 5.91 Å². The van der Waals surface area contributed by atoms with Crippen LogP contribution in [0.3, 0.4) is 0 Å². The van der Waals surface area contributed by atoms with Gasteiger partial charge in [0.05, 0.1) is 5.57 Å². The van der Waals surface area contributed by atoms with Crippen molar-refractivity contribution in [3.8, 4) is 0 Å². The van der Waals surface area contributed by atoms with Gasteiger partial charge in [-0.05, 0) is 100.0 Å². The minimum Gasteiger partial charge on any atom is -0.358 e. The normalized spacial score (nSPS) is 16.9. The molecular weight excluding hydrogens is 348 g/mol. The van der Waals surface area contributed by atoms with Crippen molar-refractivity contribution < 1.29 is 4.79 Å². The summed E-state index contributed by atoms with van der Waals surface area (Å²) in [6.45, 7) is 1.61. The van der Waals surface area contributed by atoms with Crippen molar-refractivity contribution in [2.45, 2.75) is 44.9 Å². The molecule has 2 aromatic rings. The number of carbonyl (C=O) groups is 1. The highest BCUT2D eigenvalue weighted by Crippen LogP contribution is 2.36. The van der Waals surface area contributed by atoms with Crippen molar-refractivity contribution in [3.05, 3.63) is 51.8 Å². The molecule has 4 rings (SSSR count). The summed E-state index contributed by atoms with van der Waals surface area (Å²) in [4.78, 5) is 16.3. The van der Waals surface area contributed by atoms with Crippen molar-refractivity contribution >= 4 is 23.2 Å². The van der Waals surface area contributed by atoms with Gasteiger partial charge in [0.25, 0.3) is 5.91 Å². The smallest absolute Gasteiger partial charge is 0.256 e. The van der Waals surface area contributed by atoms with E-state index in [2.05, 4.69) is 33.8 Å².